The van der Waals surface area contributed by atoms with Crippen LogP contribution in [0, 0.1) is 11.7 Å². The van der Waals surface area contributed by atoms with Crippen LogP contribution >= 0.6 is 0 Å². The molecule has 1 atom stereocenters. The predicted octanol–water partition coefficient (Wildman–Crippen LogP) is 3.55. The Morgan fingerprint density at radius 3 is 3.00 bits per heavy atom. The average molecular weight is 424 g/mol. The van der Waals surface area contributed by atoms with Crippen molar-refractivity contribution in [1.29, 1.82) is 0 Å². The minimum absolute atomic E-state index is 0.222. The van der Waals surface area contributed by atoms with Crippen LogP contribution in [0.15, 0.2) is 53.7 Å². The number of aliphatic imine (C=N–C) groups is 1. The van der Waals surface area contributed by atoms with Crippen LogP contribution in [-0.2, 0) is 6.42 Å². The summed E-state index contributed by atoms with van der Waals surface area (Å²) in [5.74, 6) is 2.04. The summed E-state index contributed by atoms with van der Waals surface area (Å²) in [6.45, 7) is 3.70. The Labute approximate surface area is 182 Å². The van der Waals surface area contributed by atoms with Gasteiger partial charge in [-0.3, -0.25) is 4.99 Å². The molecule has 0 bridgehead atoms. The van der Waals surface area contributed by atoms with Gasteiger partial charge in [0.15, 0.2) is 5.96 Å². The van der Waals surface area contributed by atoms with Gasteiger partial charge in [0.2, 0.25) is 0 Å². The first kappa shape index (κ1) is 21.0. The minimum Gasteiger partial charge on any atom is -0.497 e. The number of rotatable bonds is 7. The number of ether oxygens (including phenoxy) is 1. The highest BCUT2D eigenvalue weighted by Crippen LogP contribution is 2.26. The lowest BCUT2D eigenvalue weighted by molar-refractivity contribution is 0.415. The molecule has 0 spiro atoms. The lowest BCUT2D eigenvalue weighted by Crippen LogP contribution is -2.41. The maximum atomic E-state index is 13.4. The molecule has 7 heteroatoms. The number of H-pyrrole nitrogens is 1. The predicted molar refractivity (Wildman–Crippen MR) is 125 cm³/mol. The van der Waals surface area contributed by atoms with E-state index >= 15 is 0 Å². The summed E-state index contributed by atoms with van der Waals surface area (Å²) in [6.07, 6.45) is 3.93. The van der Waals surface area contributed by atoms with Crippen molar-refractivity contribution in [2.45, 2.75) is 12.8 Å². The number of halogens is 1. The zero-order chi connectivity index (χ0) is 21.6. The van der Waals surface area contributed by atoms with E-state index in [4.69, 9.17) is 4.74 Å². The van der Waals surface area contributed by atoms with Crippen LogP contribution < -0.4 is 20.3 Å². The van der Waals surface area contributed by atoms with Crippen molar-refractivity contribution in [1.82, 2.24) is 15.6 Å². The number of methoxy groups -OCH3 is 1. The fourth-order valence-electron chi connectivity index (χ4n) is 4.18. The molecule has 1 aliphatic rings. The van der Waals surface area contributed by atoms with E-state index in [2.05, 4.69) is 37.6 Å². The number of guanidine groups is 1. The Hall–Kier alpha value is -3.22. The number of nitrogens with one attached hydrogen (secondary N) is 3. The van der Waals surface area contributed by atoms with Gasteiger partial charge in [-0.05, 0) is 54.7 Å². The number of anilines is 1. The zero-order valence-corrected chi connectivity index (χ0v) is 18.1. The third-order valence-electron chi connectivity index (χ3n) is 5.90. The van der Waals surface area contributed by atoms with Crippen LogP contribution in [0.1, 0.15) is 12.0 Å². The maximum Gasteiger partial charge on any atom is 0.190 e. The molecule has 3 N–H and O–H groups in total. The topological polar surface area (TPSA) is 64.7 Å². The van der Waals surface area contributed by atoms with Crippen LogP contribution in [0.5, 0.6) is 5.75 Å². The van der Waals surface area contributed by atoms with Crippen LogP contribution in [-0.4, -0.2) is 51.3 Å². The molecule has 31 heavy (non-hydrogen) atoms. The second kappa shape index (κ2) is 9.73. The minimum atomic E-state index is -0.222. The van der Waals surface area contributed by atoms with Gasteiger partial charge in [0.1, 0.15) is 11.6 Å². The van der Waals surface area contributed by atoms with Crippen molar-refractivity contribution in [3.05, 3.63) is 60.0 Å². The van der Waals surface area contributed by atoms with E-state index in [1.54, 1.807) is 14.2 Å². The summed E-state index contributed by atoms with van der Waals surface area (Å²) in [4.78, 5) is 9.90. The highest BCUT2D eigenvalue weighted by molar-refractivity contribution is 5.83. The molecule has 4 rings (SSSR count). The Morgan fingerprint density at radius 1 is 1.26 bits per heavy atom. The second-order valence-corrected chi connectivity index (χ2v) is 7.94. The summed E-state index contributed by atoms with van der Waals surface area (Å²) < 4.78 is 18.7. The first-order valence-electron chi connectivity index (χ1n) is 10.8. The molecule has 2 aromatic carbocycles. The van der Waals surface area contributed by atoms with Gasteiger partial charge in [-0.2, -0.15) is 0 Å². The van der Waals surface area contributed by atoms with Gasteiger partial charge in [0, 0.05) is 62.1 Å². The first-order chi connectivity index (χ1) is 15.2. The van der Waals surface area contributed by atoms with E-state index in [0.717, 1.165) is 61.6 Å². The molecule has 164 valence electrons. The fourth-order valence-corrected chi connectivity index (χ4v) is 4.18. The standard InChI is InChI=1S/C24H30FN5O/c1-26-24(27-10-8-18-15-28-23-12-19(25)6-7-22(18)23)29-14-17-9-11-30(16-17)20-4-3-5-21(13-20)31-2/h3-7,12-13,15,17,28H,8-11,14,16H2,1-2H3,(H2,26,27,29). The van der Waals surface area contributed by atoms with Crippen LogP contribution in [0.3, 0.4) is 0 Å². The van der Waals surface area contributed by atoms with Crippen molar-refractivity contribution in [2.24, 2.45) is 10.9 Å². The van der Waals surface area contributed by atoms with Gasteiger partial charge in [-0.25, -0.2) is 4.39 Å². The molecule has 1 aliphatic heterocycles. The average Bonchev–Trinajstić information content (AvgIpc) is 3.43. The van der Waals surface area contributed by atoms with Gasteiger partial charge in [0.25, 0.3) is 0 Å². The van der Waals surface area contributed by atoms with Gasteiger partial charge in [0.05, 0.1) is 7.11 Å². The second-order valence-electron chi connectivity index (χ2n) is 7.94. The molecule has 0 radical (unpaired) electrons. The molecule has 0 amide bonds. The van der Waals surface area contributed by atoms with E-state index in [1.165, 1.54) is 23.4 Å². The number of hydrogen-bond acceptors (Lipinski definition) is 3. The van der Waals surface area contributed by atoms with Crippen LogP contribution in [0.4, 0.5) is 10.1 Å². The molecule has 3 aromatic rings. The Balaban J connectivity index is 1.23. The quantitative estimate of drug-likeness (QED) is 0.402. The first-order valence-corrected chi connectivity index (χ1v) is 10.8. The highest BCUT2D eigenvalue weighted by atomic mass is 19.1. The van der Waals surface area contributed by atoms with Gasteiger partial charge < -0.3 is 25.3 Å². The Kier molecular flexibility index (Phi) is 6.60. The van der Waals surface area contributed by atoms with E-state index in [9.17, 15) is 4.39 Å². The molecular weight excluding hydrogens is 393 g/mol. The third-order valence-corrected chi connectivity index (χ3v) is 5.90. The number of aromatic amines is 1. The molecule has 6 nitrogen and oxygen atoms in total. The molecule has 1 aromatic heterocycles. The van der Waals surface area contributed by atoms with Crippen LogP contribution in [0.25, 0.3) is 10.9 Å². The molecule has 2 heterocycles. The Bertz CT molecular complexity index is 1050. The number of aromatic nitrogens is 1. The van der Waals surface area contributed by atoms with Crippen molar-refractivity contribution in [2.75, 3.05) is 45.2 Å². The summed E-state index contributed by atoms with van der Waals surface area (Å²) in [7, 11) is 3.49. The van der Waals surface area contributed by atoms with Crippen molar-refractivity contribution in [3.63, 3.8) is 0 Å². The van der Waals surface area contributed by atoms with E-state index < -0.39 is 0 Å². The number of nitrogens with zero attached hydrogens (tertiary/aromatic N) is 2. The van der Waals surface area contributed by atoms with Crippen molar-refractivity contribution in [3.8, 4) is 5.75 Å². The summed E-state index contributed by atoms with van der Waals surface area (Å²) in [6, 6.07) is 13.1. The van der Waals surface area contributed by atoms with Crippen molar-refractivity contribution >= 4 is 22.5 Å². The molecule has 1 fully saturated rings. The van der Waals surface area contributed by atoms with E-state index in [0.29, 0.717) is 5.92 Å². The molecule has 0 saturated carbocycles. The van der Waals surface area contributed by atoms with Gasteiger partial charge in [-0.1, -0.05) is 6.07 Å². The summed E-state index contributed by atoms with van der Waals surface area (Å²) in [5, 5.41) is 7.91. The zero-order valence-electron chi connectivity index (χ0n) is 18.1. The molecule has 1 saturated heterocycles. The van der Waals surface area contributed by atoms with Crippen LogP contribution in [0.2, 0.25) is 0 Å². The monoisotopic (exact) mass is 423 g/mol. The fraction of sp³-hybridized carbons (Fsp3) is 0.375. The maximum absolute atomic E-state index is 13.4. The Morgan fingerprint density at radius 2 is 2.16 bits per heavy atom. The number of benzene rings is 2. The SMILES string of the molecule is CN=C(NCCc1c[nH]c2cc(F)ccc12)NCC1CCN(c2cccc(OC)c2)C1. The smallest absolute Gasteiger partial charge is 0.190 e. The summed E-state index contributed by atoms with van der Waals surface area (Å²) in [5.41, 5.74) is 3.21. The lowest BCUT2D eigenvalue weighted by Gasteiger charge is -2.20. The number of hydrogen-bond donors (Lipinski definition) is 3. The van der Waals surface area contributed by atoms with Gasteiger partial charge in [-0.15, -0.1) is 0 Å². The molecular formula is C24H30FN5O. The van der Waals surface area contributed by atoms with Gasteiger partial charge >= 0.3 is 0 Å². The molecule has 1 unspecified atom stereocenters. The third kappa shape index (κ3) is 5.10. The molecule has 0 aliphatic carbocycles. The van der Waals surface area contributed by atoms with E-state index in [1.807, 2.05) is 24.4 Å². The lowest BCUT2D eigenvalue weighted by atomic mass is 10.1. The highest BCUT2D eigenvalue weighted by Gasteiger charge is 2.23. The normalized spacial score (nSPS) is 16.7. The summed E-state index contributed by atoms with van der Waals surface area (Å²) >= 11 is 0. The van der Waals surface area contributed by atoms with E-state index in [-0.39, 0.29) is 5.82 Å². The largest absolute Gasteiger partial charge is 0.497 e. The number of fused-ring (bicyclic) bond motifs is 1. The van der Waals surface area contributed by atoms with Crippen molar-refractivity contribution < 1.29 is 9.13 Å².